The first-order valence-corrected chi connectivity index (χ1v) is 12.8. The van der Waals surface area contributed by atoms with Gasteiger partial charge in [0.25, 0.3) is 5.91 Å². The number of likely N-dealkylation sites (tertiary alicyclic amines) is 1. The summed E-state index contributed by atoms with van der Waals surface area (Å²) in [5.41, 5.74) is 3.23. The summed E-state index contributed by atoms with van der Waals surface area (Å²) in [7, 11) is 1.38. The van der Waals surface area contributed by atoms with Crippen LogP contribution in [0.5, 0.6) is 0 Å². The maximum atomic E-state index is 13.0. The van der Waals surface area contributed by atoms with Gasteiger partial charge in [-0.25, -0.2) is 4.79 Å². The Morgan fingerprint density at radius 3 is 2.54 bits per heavy atom. The van der Waals surface area contributed by atoms with Gasteiger partial charge in [-0.1, -0.05) is 49.4 Å². The van der Waals surface area contributed by atoms with Crippen LogP contribution < -0.4 is 4.90 Å². The highest BCUT2D eigenvalue weighted by molar-refractivity contribution is 5.97. The van der Waals surface area contributed by atoms with E-state index in [4.69, 9.17) is 4.74 Å². The number of methoxy groups -OCH3 is 1. The number of hydrogen-bond donors (Lipinski definition) is 0. The summed E-state index contributed by atoms with van der Waals surface area (Å²) in [6.45, 7) is 5.03. The highest BCUT2D eigenvalue weighted by Gasteiger charge is 2.35. The Labute approximate surface area is 207 Å². The minimum Gasteiger partial charge on any atom is -0.467 e. The van der Waals surface area contributed by atoms with Crippen molar-refractivity contribution in [2.75, 3.05) is 31.6 Å². The van der Waals surface area contributed by atoms with Gasteiger partial charge in [-0.15, -0.1) is 0 Å². The second-order valence-corrected chi connectivity index (χ2v) is 10.0. The van der Waals surface area contributed by atoms with Gasteiger partial charge in [0.2, 0.25) is 0 Å². The molecule has 0 radical (unpaired) electrons. The number of rotatable bonds is 6. The van der Waals surface area contributed by atoms with Crippen molar-refractivity contribution < 1.29 is 14.3 Å². The fourth-order valence-electron chi connectivity index (χ4n) is 5.94. The van der Waals surface area contributed by atoms with Crippen LogP contribution in [0.2, 0.25) is 0 Å². The first kappa shape index (κ1) is 23.4. The number of benzene rings is 3. The van der Waals surface area contributed by atoms with Crippen LogP contribution in [0.25, 0.3) is 10.8 Å². The highest BCUT2D eigenvalue weighted by atomic mass is 16.5. The summed E-state index contributed by atoms with van der Waals surface area (Å²) < 4.78 is 4.88. The zero-order valence-electron chi connectivity index (χ0n) is 20.7. The molecule has 3 atom stereocenters. The van der Waals surface area contributed by atoms with Crippen molar-refractivity contribution in [3.63, 3.8) is 0 Å². The van der Waals surface area contributed by atoms with E-state index in [2.05, 4.69) is 54.3 Å². The summed E-state index contributed by atoms with van der Waals surface area (Å²) >= 11 is 0. The number of anilines is 1. The van der Waals surface area contributed by atoms with Gasteiger partial charge in [-0.05, 0) is 78.1 Å². The average Bonchev–Trinajstić information content (AvgIpc) is 3.58. The topological polar surface area (TPSA) is 49.9 Å². The lowest BCUT2D eigenvalue weighted by atomic mass is 9.87. The van der Waals surface area contributed by atoms with Gasteiger partial charge in [-0.2, -0.15) is 0 Å². The summed E-state index contributed by atoms with van der Waals surface area (Å²) in [4.78, 5) is 29.1. The number of fused-ring (bicyclic) bond motifs is 1. The Morgan fingerprint density at radius 2 is 1.74 bits per heavy atom. The van der Waals surface area contributed by atoms with Gasteiger partial charge >= 0.3 is 5.97 Å². The normalized spacial score (nSPS) is 20.9. The van der Waals surface area contributed by atoms with Gasteiger partial charge < -0.3 is 14.5 Å². The van der Waals surface area contributed by atoms with Crippen molar-refractivity contribution >= 4 is 28.3 Å². The first-order chi connectivity index (χ1) is 17.0. The molecule has 3 aromatic carbocycles. The number of hydrogen-bond acceptors (Lipinski definition) is 4. The van der Waals surface area contributed by atoms with Gasteiger partial charge in [0.05, 0.1) is 7.11 Å². The number of esters is 1. The largest absolute Gasteiger partial charge is 0.467 e. The Kier molecular flexibility index (Phi) is 6.76. The third kappa shape index (κ3) is 4.77. The van der Waals surface area contributed by atoms with E-state index in [9.17, 15) is 9.59 Å². The molecule has 2 fully saturated rings. The van der Waals surface area contributed by atoms with Crippen LogP contribution in [-0.4, -0.2) is 49.6 Å². The van der Waals surface area contributed by atoms with E-state index in [1.807, 2.05) is 24.3 Å². The van der Waals surface area contributed by atoms with Gasteiger partial charge in [-0.3, -0.25) is 4.79 Å². The van der Waals surface area contributed by atoms with Crippen LogP contribution >= 0.6 is 0 Å². The molecule has 0 aliphatic carbocycles. The third-order valence-electron chi connectivity index (χ3n) is 7.79. The summed E-state index contributed by atoms with van der Waals surface area (Å²) in [6, 6.07) is 22.7. The second-order valence-electron chi connectivity index (χ2n) is 10.0. The molecule has 3 aromatic rings. The van der Waals surface area contributed by atoms with Gasteiger partial charge in [0.1, 0.15) is 6.04 Å². The van der Waals surface area contributed by atoms with E-state index in [-0.39, 0.29) is 11.9 Å². The lowest BCUT2D eigenvalue weighted by molar-refractivity contribution is -0.145. The number of ether oxygens (including phenoxy) is 1. The van der Waals surface area contributed by atoms with Crippen molar-refractivity contribution in [3.05, 3.63) is 77.9 Å². The van der Waals surface area contributed by atoms with Crippen LogP contribution in [0.15, 0.2) is 66.7 Å². The van der Waals surface area contributed by atoms with Crippen molar-refractivity contribution in [1.29, 1.82) is 0 Å². The maximum Gasteiger partial charge on any atom is 0.328 e. The minimum absolute atomic E-state index is 0.0901. The number of amides is 1. The molecule has 5 nitrogen and oxygen atoms in total. The molecule has 2 saturated heterocycles. The SMILES string of the molecule is COC(=O)[C@H]1CCCN1C(=O)c1ccc(N2CC[C@H](C[C@H](C)c3cccc4ccccc34)C2)cc1. The molecule has 0 unspecified atom stereocenters. The lowest BCUT2D eigenvalue weighted by Crippen LogP contribution is -2.41. The van der Waals surface area contributed by atoms with Gasteiger partial charge in [0, 0.05) is 30.9 Å². The Hall–Kier alpha value is -3.34. The Morgan fingerprint density at radius 1 is 0.971 bits per heavy atom. The molecule has 182 valence electrons. The first-order valence-electron chi connectivity index (χ1n) is 12.8. The molecule has 0 N–H and O–H groups in total. The Bertz CT molecular complexity index is 1200. The fourth-order valence-corrected chi connectivity index (χ4v) is 5.94. The predicted molar refractivity (Wildman–Crippen MR) is 140 cm³/mol. The van der Waals surface area contributed by atoms with Crippen LogP contribution in [0.4, 0.5) is 5.69 Å². The molecule has 2 aliphatic rings. The zero-order valence-corrected chi connectivity index (χ0v) is 20.7. The summed E-state index contributed by atoms with van der Waals surface area (Å²) in [5, 5.41) is 2.68. The summed E-state index contributed by atoms with van der Waals surface area (Å²) in [6.07, 6.45) is 3.86. The maximum absolute atomic E-state index is 13.0. The van der Waals surface area contributed by atoms with E-state index in [0.29, 0.717) is 30.4 Å². The van der Waals surface area contributed by atoms with Crippen LogP contribution in [0.3, 0.4) is 0 Å². The van der Waals surface area contributed by atoms with Crippen LogP contribution in [0.1, 0.15) is 54.4 Å². The Balaban J connectivity index is 1.21. The van der Waals surface area contributed by atoms with Crippen LogP contribution in [0, 0.1) is 5.92 Å². The van der Waals surface area contributed by atoms with Crippen molar-refractivity contribution in [1.82, 2.24) is 4.90 Å². The molecule has 5 rings (SSSR count). The summed E-state index contributed by atoms with van der Waals surface area (Å²) in [5.74, 6) is 0.742. The van der Waals surface area contributed by atoms with E-state index < -0.39 is 6.04 Å². The van der Waals surface area contributed by atoms with Crippen molar-refractivity contribution in [2.24, 2.45) is 5.92 Å². The van der Waals surface area contributed by atoms with E-state index in [1.54, 1.807) is 4.90 Å². The molecule has 0 aromatic heterocycles. The average molecular weight is 471 g/mol. The zero-order chi connectivity index (χ0) is 24.4. The molecule has 0 bridgehead atoms. The van der Waals surface area contributed by atoms with E-state index in [1.165, 1.54) is 36.3 Å². The number of nitrogens with zero attached hydrogens (tertiary/aromatic N) is 2. The predicted octanol–water partition coefficient (Wildman–Crippen LogP) is 5.64. The van der Waals surface area contributed by atoms with Gasteiger partial charge in [0.15, 0.2) is 0 Å². The molecular formula is C30H34N2O3. The standard InChI is InChI=1S/C30H34N2O3/c1-21(26-10-5-8-23-7-3-4-9-27(23)26)19-22-16-18-31(20-22)25-14-12-24(13-15-25)29(33)32-17-6-11-28(32)30(34)35-2/h3-5,7-10,12-15,21-22,28H,6,11,16-20H2,1-2H3/t21-,22+,28+/m0/s1. The quantitative estimate of drug-likeness (QED) is 0.438. The van der Waals surface area contributed by atoms with Crippen molar-refractivity contribution in [2.45, 2.75) is 44.6 Å². The van der Waals surface area contributed by atoms with E-state index >= 15 is 0 Å². The molecule has 35 heavy (non-hydrogen) atoms. The lowest BCUT2D eigenvalue weighted by Gasteiger charge is -2.24. The molecule has 0 spiro atoms. The molecule has 5 heteroatoms. The molecular weight excluding hydrogens is 436 g/mol. The smallest absolute Gasteiger partial charge is 0.328 e. The molecule has 2 heterocycles. The molecule has 2 aliphatic heterocycles. The number of carbonyl (C=O) groups is 2. The number of carbonyl (C=O) groups excluding carboxylic acids is 2. The van der Waals surface area contributed by atoms with Crippen molar-refractivity contribution in [3.8, 4) is 0 Å². The van der Waals surface area contributed by atoms with E-state index in [0.717, 1.165) is 25.2 Å². The second kappa shape index (κ2) is 10.1. The molecule has 1 amide bonds. The third-order valence-corrected chi connectivity index (χ3v) is 7.79. The van der Waals surface area contributed by atoms with Crippen LogP contribution in [-0.2, 0) is 9.53 Å². The highest BCUT2D eigenvalue weighted by Crippen LogP contribution is 2.34. The minimum atomic E-state index is -0.463. The monoisotopic (exact) mass is 470 g/mol. The molecule has 0 saturated carbocycles. The fraction of sp³-hybridized carbons (Fsp3) is 0.400.